The molecule has 1 saturated heterocycles. The van der Waals surface area contributed by atoms with Crippen molar-refractivity contribution in [3.05, 3.63) is 59.0 Å². The zero-order valence-electron chi connectivity index (χ0n) is 16.5. The van der Waals surface area contributed by atoms with Crippen LogP contribution in [0.1, 0.15) is 44.9 Å². The third kappa shape index (κ3) is 3.16. The third-order valence-electron chi connectivity index (χ3n) is 5.82. The number of carbonyl (C=O) groups is 2. The van der Waals surface area contributed by atoms with Crippen molar-refractivity contribution in [2.24, 2.45) is 0 Å². The molecule has 0 spiro atoms. The summed E-state index contributed by atoms with van der Waals surface area (Å²) in [6, 6.07) is 9.59. The molecule has 4 heterocycles. The molecule has 2 aromatic heterocycles. The minimum Gasteiger partial charge on any atom is -0.337 e. The highest BCUT2D eigenvalue weighted by Gasteiger charge is 2.28. The van der Waals surface area contributed by atoms with Crippen LogP contribution in [0.3, 0.4) is 0 Å². The summed E-state index contributed by atoms with van der Waals surface area (Å²) in [6.07, 6.45) is 3.80. The number of carbonyl (C=O) groups excluding carboxylic acids is 2. The summed E-state index contributed by atoms with van der Waals surface area (Å²) >= 11 is 0. The molecule has 2 amide bonds. The van der Waals surface area contributed by atoms with Crippen LogP contribution in [0, 0.1) is 6.92 Å². The lowest BCUT2D eigenvalue weighted by Crippen LogP contribution is -2.38. The predicted molar refractivity (Wildman–Crippen MR) is 109 cm³/mol. The van der Waals surface area contributed by atoms with Gasteiger partial charge in [0.1, 0.15) is 0 Å². The maximum absolute atomic E-state index is 13.3. The Bertz CT molecular complexity index is 1110. The first-order valence-electron chi connectivity index (χ1n) is 10.1. The molecule has 0 bridgehead atoms. The molecule has 3 aromatic rings. The molecule has 5 rings (SSSR count). The average molecular weight is 389 g/mol. The monoisotopic (exact) mass is 389 g/mol. The summed E-state index contributed by atoms with van der Waals surface area (Å²) in [4.78, 5) is 34.0. The number of likely N-dealkylation sites (tertiary alicyclic amines) is 1. The first-order chi connectivity index (χ1) is 14.1. The van der Waals surface area contributed by atoms with E-state index in [1.807, 2.05) is 45.7 Å². The second-order valence-electron chi connectivity index (χ2n) is 7.85. The van der Waals surface area contributed by atoms with Crippen molar-refractivity contribution in [3.8, 4) is 0 Å². The number of fused-ring (bicyclic) bond motifs is 2. The Kier molecular flexibility index (Phi) is 4.30. The molecular formula is C22H23N5O2. The number of pyridine rings is 1. The molecular weight excluding hydrogens is 366 g/mol. The summed E-state index contributed by atoms with van der Waals surface area (Å²) in [6.45, 7) is 5.24. The first kappa shape index (κ1) is 17.8. The fourth-order valence-corrected chi connectivity index (χ4v) is 4.24. The van der Waals surface area contributed by atoms with Crippen LogP contribution in [0.2, 0.25) is 0 Å². The van der Waals surface area contributed by atoms with Gasteiger partial charge in [-0.3, -0.25) is 19.3 Å². The topological polar surface area (TPSA) is 71.3 Å². The lowest BCUT2D eigenvalue weighted by molar-refractivity contribution is 0.0705. The average Bonchev–Trinajstić information content (AvgIpc) is 3.41. The molecule has 1 aromatic carbocycles. The molecule has 7 heteroatoms. The number of hydrogen-bond acceptors (Lipinski definition) is 4. The van der Waals surface area contributed by atoms with Crippen LogP contribution in [0.25, 0.3) is 10.9 Å². The van der Waals surface area contributed by atoms with E-state index in [9.17, 15) is 9.59 Å². The van der Waals surface area contributed by atoms with E-state index in [0.29, 0.717) is 30.9 Å². The number of hydrogen-bond donors (Lipinski definition) is 0. The van der Waals surface area contributed by atoms with Gasteiger partial charge in [-0.05, 0) is 44.0 Å². The summed E-state index contributed by atoms with van der Waals surface area (Å²) in [5.41, 5.74) is 3.98. The van der Waals surface area contributed by atoms with Crippen LogP contribution >= 0.6 is 0 Å². The van der Waals surface area contributed by atoms with Gasteiger partial charge in [0.25, 0.3) is 11.8 Å². The van der Waals surface area contributed by atoms with Crippen molar-refractivity contribution in [3.63, 3.8) is 0 Å². The van der Waals surface area contributed by atoms with Crippen molar-refractivity contribution in [1.29, 1.82) is 0 Å². The van der Waals surface area contributed by atoms with E-state index >= 15 is 0 Å². The van der Waals surface area contributed by atoms with Gasteiger partial charge in [0.2, 0.25) is 0 Å². The van der Waals surface area contributed by atoms with E-state index in [0.717, 1.165) is 48.1 Å². The Balaban J connectivity index is 1.40. The molecule has 29 heavy (non-hydrogen) atoms. The van der Waals surface area contributed by atoms with Gasteiger partial charge in [0.05, 0.1) is 29.9 Å². The SMILES string of the molecule is Cc1ccc2nccc(C(=O)N3CCn4nc(C(=O)N5CCCC5)cc4C3)c2c1. The van der Waals surface area contributed by atoms with Gasteiger partial charge in [0.15, 0.2) is 5.69 Å². The van der Waals surface area contributed by atoms with Gasteiger partial charge in [-0.25, -0.2) is 0 Å². The standard InChI is InChI=1S/C22H23N5O2/c1-15-4-5-19-18(12-15)17(6-7-23-19)21(28)26-10-11-27-16(14-26)13-20(24-27)22(29)25-8-2-3-9-25/h4-7,12-13H,2-3,8-11,14H2,1H3. The van der Waals surface area contributed by atoms with Gasteiger partial charge in [-0.2, -0.15) is 5.10 Å². The molecule has 2 aliphatic rings. The minimum absolute atomic E-state index is 0.00196. The van der Waals surface area contributed by atoms with E-state index in [4.69, 9.17) is 0 Å². The molecule has 0 N–H and O–H groups in total. The normalized spacial score (nSPS) is 16.3. The molecule has 1 fully saturated rings. The van der Waals surface area contributed by atoms with Crippen molar-refractivity contribution in [2.75, 3.05) is 19.6 Å². The first-order valence-corrected chi connectivity index (χ1v) is 10.1. The largest absolute Gasteiger partial charge is 0.337 e. The molecule has 0 unspecified atom stereocenters. The van der Waals surface area contributed by atoms with Gasteiger partial charge in [-0.15, -0.1) is 0 Å². The van der Waals surface area contributed by atoms with Crippen LogP contribution in [0.5, 0.6) is 0 Å². The van der Waals surface area contributed by atoms with Crippen LogP contribution in [-0.4, -0.2) is 56.0 Å². The zero-order chi connectivity index (χ0) is 20.0. The lowest BCUT2D eigenvalue weighted by atomic mass is 10.1. The van der Waals surface area contributed by atoms with Crippen molar-refractivity contribution in [2.45, 2.75) is 32.9 Å². The van der Waals surface area contributed by atoms with Gasteiger partial charge in [-0.1, -0.05) is 11.6 Å². The number of benzene rings is 1. The van der Waals surface area contributed by atoms with Crippen LogP contribution in [-0.2, 0) is 13.1 Å². The molecule has 0 atom stereocenters. The summed E-state index contributed by atoms with van der Waals surface area (Å²) in [5.74, 6) is -0.0132. The second-order valence-corrected chi connectivity index (χ2v) is 7.85. The number of amides is 2. The van der Waals surface area contributed by atoms with Crippen molar-refractivity contribution < 1.29 is 9.59 Å². The van der Waals surface area contributed by atoms with Gasteiger partial charge >= 0.3 is 0 Å². The quantitative estimate of drug-likeness (QED) is 0.676. The minimum atomic E-state index is -0.0112. The molecule has 0 aliphatic carbocycles. The Morgan fingerprint density at radius 2 is 1.76 bits per heavy atom. The maximum atomic E-state index is 13.3. The number of aryl methyl sites for hydroxylation is 1. The van der Waals surface area contributed by atoms with Gasteiger partial charge in [0, 0.05) is 31.2 Å². The summed E-state index contributed by atoms with van der Waals surface area (Å²) < 4.78 is 1.86. The highest BCUT2D eigenvalue weighted by atomic mass is 16.2. The van der Waals surface area contributed by atoms with E-state index < -0.39 is 0 Å². The highest BCUT2D eigenvalue weighted by molar-refractivity contribution is 6.06. The summed E-state index contributed by atoms with van der Waals surface area (Å²) in [5, 5.41) is 5.38. The Morgan fingerprint density at radius 3 is 2.59 bits per heavy atom. The number of aromatic nitrogens is 3. The Labute approximate surface area is 168 Å². The van der Waals surface area contributed by atoms with E-state index in [1.165, 1.54) is 0 Å². The number of nitrogens with zero attached hydrogens (tertiary/aromatic N) is 5. The van der Waals surface area contributed by atoms with Gasteiger partial charge < -0.3 is 9.80 Å². The van der Waals surface area contributed by atoms with Crippen LogP contribution in [0.4, 0.5) is 0 Å². The van der Waals surface area contributed by atoms with Crippen molar-refractivity contribution >= 4 is 22.7 Å². The second kappa shape index (κ2) is 6.99. The fraction of sp³-hybridized carbons (Fsp3) is 0.364. The zero-order valence-corrected chi connectivity index (χ0v) is 16.5. The smallest absolute Gasteiger partial charge is 0.274 e. The maximum Gasteiger partial charge on any atom is 0.274 e. The van der Waals surface area contributed by atoms with E-state index in [-0.39, 0.29) is 11.8 Å². The third-order valence-corrected chi connectivity index (χ3v) is 5.82. The van der Waals surface area contributed by atoms with Crippen molar-refractivity contribution in [1.82, 2.24) is 24.6 Å². The van der Waals surface area contributed by atoms with Crippen LogP contribution < -0.4 is 0 Å². The van der Waals surface area contributed by atoms with E-state index in [2.05, 4.69) is 10.1 Å². The molecule has 2 aliphatic heterocycles. The van der Waals surface area contributed by atoms with Crippen LogP contribution in [0.15, 0.2) is 36.5 Å². The molecule has 7 nitrogen and oxygen atoms in total. The fourth-order valence-electron chi connectivity index (χ4n) is 4.24. The Hall–Kier alpha value is -3.22. The Morgan fingerprint density at radius 1 is 0.931 bits per heavy atom. The molecule has 0 radical (unpaired) electrons. The molecule has 148 valence electrons. The molecule has 0 saturated carbocycles. The summed E-state index contributed by atoms with van der Waals surface area (Å²) in [7, 11) is 0. The lowest BCUT2D eigenvalue weighted by Gasteiger charge is -2.28. The van der Waals surface area contributed by atoms with E-state index in [1.54, 1.807) is 12.3 Å². The highest BCUT2D eigenvalue weighted by Crippen LogP contribution is 2.23. The number of rotatable bonds is 2. The predicted octanol–water partition coefficient (Wildman–Crippen LogP) is 2.63.